The molecule has 0 saturated carbocycles. The summed E-state index contributed by atoms with van der Waals surface area (Å²) >= 11 is 0. The van der Waals surface area contributed by atoms with Crippen LogP contribution in [0.15, 0.2) is 0 Å². The molecule has 0 spiro atoms. The maximum atomic E-state index is 8.50. The van der Waals surface area contributed by atoms with Crippen molar-refractivity contribution < 1.29 is 28.8 Å². The van der Waals surface area contributed by atoms with Crippen LogP contribution in [0.4, 0.5) is 0 Å². The summed E-state index contributed by atoms with van der Waals surface area (Å²) in [5.74, 6) is 0. The maximum Gasteiger partial charge on any atom is 0.0809 e. The summed E-state index contributed by atoms with van der Waals surface area (Å²) in [6.45, 7) is 6.60. The van der Waals surface area contributed by atoms with Crippen molar-refractivity contribution in [2.45, 2.75) is 32.0 Å². The number of ether oxygens (including phenoxy) is 5. The number of hydrogen-bond acceptors (Lipinski definition) is 6. The molecular formula is C14H28O6. The highest BCUT2D eigenvalue weighted by atomic mass is 16.6. The quantitative estimate of drug-likeness (QED) is 0.502. The van der Waals surface area contributed by atoms with Gasteiger partial charge >= 0.3 is 0 Å². The molecule has 1 saturated heterocycles. The fourth-order valence-corrected chi connectivity index (χ4v) is 1.88. The summed E-state index contributed by atoms with van der Waals surface area (Å²) < 4.78 is 27.0. The van der Waals surface area contributed by atoms with Crippen LogP contribution in [0, 0.1) is 0 Å². The van der Waals surface area contributed by atoms with Gasteiger partial charge in [-0.3, -0.25) is 0 Å². The Bertz CT molecular complexity index is 208. The lowest BCUT2D eigenvalue weighted by atomic mass is 10.2. The van der Waals surface area contributed by atoms with E-state index in [-0.39, 0.29) is 18.8 Å². The maximum absolute atomic E-state index is 8.50. The second-order valence-electron chi connectivity index (χ2n) is 4.80. The number of aliphatic hydroxyl groups is 1. The Balaban J connectivity index is 1.79. The van der Waals surface area contributed by atoms with Gasteiger partial charge in [0.1, 0.15) is 0 Å². The Morgan fingerprint density at radius 3 is 2.55 bits per heavy atom. The van der Waals surface area contributed by atoms with Gasteiger partial charge in [-0.05, 0) is 19.8 Å². The highest BCUT2D eigenvalue weighted by molar-refractivity contribution is 4.63. The average Bonchev–Trinajstić information content (AvgIpc) is 2.95. The summed E-state index contributed by atoms with van der Waals surface area (Å²) in [5.41, 5.74) is 0. The summed E-state index contributed by atoms with van der Waals surface area (Å²) in [6.07, 6.45) is 2.57. The molecule has 1 fully saturated rings. The number of rotatable bonds is 13. The predicted molar refractivity (Wildman–Crippen MR) is 73.9 cm³/mol. The van der Waals surface area contributed by atoms with Crippen molar-refractivity contribution in [2.24, 2.45) is 0 Å². The normalized spacial score (nSPS) is 20.4. The van der Waals surface area contributed by atoms with Crippen molar-refractivity contribution in [3.05, 3.63) is 0 Å². The second-order valence-corrected chi connectivity index (χ2v) is 4.80. The van der Waals surface area contributed by atoms with Gasteiger partial charge < -0.3 is 28.8 Å². The van der Waals surface area contributed by atoms with Crippen LogP contribution in [0.25, 0.3) is 0 Å². The van der Waals surface area contributed by atoms with Crippen LogP contribution in [-0.2, 0) is 23.7 Å². The van der Waals surface area contributed by atoms with Gasteiger partial charge in [-0.25, -0.2) is 0 Å². The van der Waals surface area contributed by atoms with Crippen LogP contribution in [0.2, 0.25) is 0 Å². The molecule has 1 aliphatic rings. The topological polar surface area (TPSA) is 66.4 Å². The molecule has 0 aromatic heterocycles. The van der Waals surface area contributed by atoms with Crippen molar-refractivity contribution in [1.82, 2.24) is 0 Å². The molecule has 0 radical (unpaired) electrons. The van der Waals surface area contributed by atoms with Crippen molar-refractivity contribution in [3.63, 3.8) is 0 Å². The highest BCUT2D eigenvalue weighted by Crippen LogP contribution is 2.12. The third kappa shape index (κ3) is 9.63. The lowest BCUT2D eigenvalue weighted by Gasteiger charge is -2.15. The zero-order chi connectivity index (χ0) is 14.5. The molecule has 1 heterocycles. The molecule has 6 nitrogen and oxygen atoms in total. The van der Waals surface area contributed by atoms with Crippen molar-refractivity contribution in [2.75, 3.05) is 59.5 Å². The van der Waals surface area contributed by atoms with E-state index in [1.165, 1.54) is 0 Å². The minimum Gasteiger partial charge on any atom is -0.394 e. The molecule has 2 unspecified atom stereocenters. The van der Waals surface area contributed by atoms with Crippen LogP contribution < -0.4 is 0 Å². The van der Waals surface area contributed by atoms with E-state index in [4.69, 9.17) is 28.8 Å². The van der Waals surface area contributed by atoms with Gasteiger partial charge in [0.25, 0.3) is 0 Å². The van der Waals surface area contributed by atoms with Gasteiger partial charge in [0, 0.05) is 6.61 Å². The molecular weight excluding hydrogens is 264 g/mol. The van der Waals surface area contributed by atoms with E-state index in [9.17, 15) is 0 Å². The second kappa shape index (κ2) is 12.5. The zero-order valence-corrected chi connectivity index (χ0v) is 12.4. The Kier molecular flexibility index (Phi) is 11.1. The predicted octanol–water partition coefficient (Wildman–Crippen LogP) is 0.613. The van der Waals surface area contributed by atoms with Crippen molar-refractivity contribution >= 4 is 0 Å². The van der Waals surface area contributed by atoms with Crippen LogP contribution >= 0.6 is 0 Å². The Morgan fingerprint density at radius 1 is 1.10 bits per heavy atom. The van der Waals surface area contributed by atoms with Crippen LogP contribution in [-0.4, -0.2) is 76.8 Å². The first-order valence-corrected chi connectivity index (χ1v) is 7.40. The van der Waals surface area contributed by atoms with Crippen LogP contribution in [0.5, 0.6) is 0 Å². The van der Waals surface area contributed by atoms with E-state index in [0.29, 0.717) is 46.2 Å². The van der Waals surface area contributed by atoms with E-state index in [2.05, 4.69) is 0 Å². The Hall–Kier alpha value is -0.240. The van der Waals surface area contributed by atoms with E-state index in [1.807, 2.05) is 6.92 Å². The lowest BCUT2D eigenvalue weighted by Crippen LogP contribution is -2.22. The summed E-state index contributed by atoms with van der Waals surface area (Å²) in [7, 11) is 0. The van der Waals surface area contributed by atoms with Gasteiger partial charge in [0.05, 0.1) is 65.1 Å². The minimum atomic E-state index is 0.0481. The summed E-state index contributed by atoms with van der Waals surface area (Å²) in [5, 5.41) is 8.50. The molecule has 20 heavy (non-hydrogen) atoms. The molecule has 0 bridgehead atoms. The van der Waals surface area contributed by atoms with Crippen LogP contribution in [0.1, 0.15) is 19.8 Å². The third-order valence-electron chi connectivity index (χ3n) is 2.92. The fraction of sp³-hybridized carbons (Fsp3) is 1.00. The highest BCUT2D eigenvalue weighted by Gasteiger charge is 2.15. The van der Waals surface area contributed by atoms with Gasteiger partial charge in [-0.15, -0.1) is 0 Å². The van der Waals surface area contributed by atoms with E-state index < -0.39 is 0 Å². The standard InChI is InChI=1S/C14H28O6/c1-13(11-18-12-14-3-2-5-20-14)19-10-9-17-8-7-16-6-4-15/h13-15H,2-12H2,1H3. The largest absolute Gasteiger partial charge is 0.394 e. The van der Waals surface area contributed by atoms with Gasteiger partial charge in [0.15, 0.2) is 0 Å². The molecule has 0 aromatic rings. The molecule has 0 aromatic carbocycles. The fourth-order valence-electron chi connectivity index (χ4n) is 1.88. The monoisotopic (exact) mass is 292 g/mol. The van der Waals surface area contributed by atoms with E-state index in [1.54, 1.807) is 0 Å². The van der Waals surface area contributed by atoms with Crippen LogP contribution in [0.3, 0.4) is 0 Å². The first-order valence-electron chi connectivity index (χ1n) is 7.40. The van der Waals surface area contributed by atoms with E-state index >= 15 is 0 Å². The molecule has 1 aliphatic heterocycles. The molecule has 1 N–H and O–H groups in total. The molecule has 0 aliphatic carbocycles. The minimum absolute atomic E-state index is 0.0481. The molecule has 2 atom stereocenters. The van der Waals surface area contributed by atoms with Crippen molar-refractivity contribution in [1.29, 1.82) is 0 Å². The molecule has 1 rings (SSSR count). The van der Waals surface area contributed by atoms with Crippen molar-refractivity contribution in [3.8, 4) is 0 Å². The third-order valence-corrected chi connectivity index (χ3v) is 2.92. The van der Waals surface area contributed by atoms with Gasteiger partial charge in [-0.1, -0.05) is 0 Å². The number of aliphatic hydroxyl groups excluding tert-OH is 1. The smallest absolute Gasteiger partial charge is 0.0809 e. The summed E-state index contributed by atoms with van der Waals surface area (Å²) in [4.78, 5) is 0. The zero-order valence-electron chi connectivity index (χ0n) is 12.4. The average molecular weight is 292 g/mol. The molecule has 120 valence electrons. The van der Waals surface area contributed by atoms with E-state index in [0.717, 1.165) is 19.4 Å². The first-order chi connectivity index (χ1) is 9.83. The first kappa shape index (κ1) is 17.8. The molecule has 0 amide bonds. The number of hydrogen-bond donors (Lipinski definition) is 1. The SMILES string of the molecule is CC(COCC1CCCO1)OCCOCCOCCO. The Morgan fingerprint density at radius 2 is 1.85 bits per heavy atom. The Labute approximate surface area is 121 Å². The summed E-state index contributed by atoms with van der Waals surface area (Å²) in [6, 6.07) is 0. The van der Waals surface area contributed by atoms with Gasteiger partial charge in [0.2, 0.25) is 0 Å². The molecule has 6 heteroatoms. The lowest BCUT2D eigenvalue weighted by molar-refractivity contribution is -0.0533. The van der Waals surface area contributed by atoms with Gasteiger partial charge in [-0.2, -0.15) is 0 Å².